The van der Waals surface area contributed by atoms with Gasteiger partial charge in [0.1, 0.15) is 0 Å². The number of alkyl halides is 1. The second-order valence-corrected chi connectivity index (χ2v) is 4.98. The Morgan fingerprint density at radius 1 is 1.20 bits per heavy atom. The minimum absolute atomic E-state index is 0.157. The first kappa shape index (κ1) is 12.6. The van der Waals surface area contributed by atoms with Gasteiger partial charge in [-0.2, -0.15) is 0 Å². The molecule has 2 unspecified atom stereocenters. The van der Waals surface area contributed by atoms with Gasteiger partial charge in [0.25, 0.3) is 0 Å². The molecule has 0 spiro atoms. The molecule has 0 aliphatic heterocycles. The Hall–Kier alpha value is -0.490. The lowest BCUT2D eigenvalue weighted by atomic mass is 9.94. The molecule has 0 N–H and O–H groups in total. The first-order valence-electron chi connectivity index (χ1n) is 5.77. The summed E-state index contributed by atoms with van der Waals surface area (Å²) in [5, 5.41) is 0.157. The molecular weight excluding hydrogens is 204 g/mol. The van der Waals surface area contributed by atoms with E-state index in [-0.39, 0.29) is 5.38 Å². The van der Waals surface area contributed by atoms with Gasteiger partial charge >= 0.3 is 0 Å². The smallest absolute Gasteiger partial charge is 0.0610 e. The van der Waals surface area contributed by atoms with Crippen LogP contribution in [0.4, 0.5) is 0 Å². The van der Waals surface area contributed by atoms with E-state index in [1.165, 1.54) is 29.5 Å². The highest BCUT2D eigenvalue weighted by molar-refractivity contribution is 6.21. The van der Waals surface area contributed by atoms with Gasteiger partial charge < -0.3 is 0 Å². The van der Waals surface area contributed by atoms with E-state index in [1.54, 1.807) is 0 Å². The van der Waals surface area contributed by atoms with Gasteiger partial charge in [-0.3, -0.25) is 0 Å². The van der Waals surface area contributed by atoms with Crippen LogP contribution in [-0.4, -0.2) is 0 Å². The molecule has 0 saturated heterocycles. The van der Waals surface area contributed by atoms with Gasteiger partial charge in [0, 0.05) is 0 Å². The Balaban J connectivity index is 2.81. The van der Waals surface area contributed by atoms with Crippen molar-refractivity contribution in [3.63, 3.8) is 0 Å². The molecule has 2 atom stereocenters. The van der Waals surface area contributed by atoms with Crippen LogP contribution >= 0.6 is 11.6 Å². The fraction of sp³-hybridized carbons (Fsp3) is 0.571. The fourth-order valence-electron chi connectivity index (χ4n) is 1.87. The van der Waals surface area contributed by atoms with Crippen molar-refractivity contribution in [3.8, 4) is 0 Å². The van der Waals surface area contributed by atoms with Crippen LogP contribution < -0.4 is 0 Å². The Bertz CT molecular complexity index is 317. The predicted molar refractivity (Wildman–Crippen MR) is 68.6 cm³/mol. The van der Waals surface area contributed by atoms with Crippen molar-refractivity contribution in [2.75, 3.05) is 0 Å². The molecular formula is C14H21Cl. The summed E-state index contributed by atoms with van der Waals surface area (Å²) in [6.45, 7) is 8.72. The topological polar surface area (TPSA) is 0 Å². The summed E-state index contributed by atoms with van der Waals surface area (Å²) in [5.41, 5.74) is 3.94. The summed E-state index contributed by atoms with van der Waals surface area (Å²) in [6.07, 6.45) is 2.40. The molecule has 15 heavy (non-hydrogen) atoms. The first-order chi connectivity index (χ1) is 7.06. The zero-order chi connectivity index (χ0) is 11.4. The van der Waals surface area contributed by atoms with Crippen molar-refractivity contribution in [2.45, 2.75) is 45.9 Å². The minimum atomic E-state index is 0.157. The van der Waals surface area contributed by atoms with E-state index in [9.17, 15) is 0 Å². The molecule has 0 saturated carbocycles. The lowest BCUT2D eigenvalue weighted by molar-refractivity contribution is 0.507. The highest BCUT2D eigenvalue weighted by atomic mass is 35.5. The maximum Gasteiger partial charge on any atom is 0.0610 e. The Morgan fingerprint density at radius 3 is 2.40 bits per heavy atom. The van der Waals surface area contributed by atoms with Gasteiger partial charge in [0.15, 0.2) is 0 Å². The molecule has 0 heterocycles. The molecule has 0 aromatic heterocycles. The van der Waals surface area contributed by atoms with Crippen LogP contribution in [0.25, 0.3) is 0 Å². The standard InChI is InChI=1S/C14H21Cl/c1-5-6-11(3)14(15)13-8-7-10(2)12(4)9-13/h7-9,11,14H,5-6H2,1-4H3. The number of hydrogen-bond donors (Lipinski definition) is 0. The predicted octanol–water partition coefficient (Wildman–Crippen LogP) is 5.02. The summed E-state index contributed by atoms with van der Waals surface area (Å²) in [6, 6.07) is 6.55. The molecule has 84 valence electrons. The highest BCUT2D eigenvalue weighted by Gasteiger charge is 2.15. The zero-order valence-electron chi connectivity index (χ0n) is 10.2. The summed E-state index contributed by atoms with van der Waals surface area (Å²) in [7, 11) is 0. The maximum absolute atomic E-state index is 6.46. The number of halogens is 1. The lowest BCUT2D eigenvalue weighted by Gasteiger charge is -2.18. The fourth-order valence-corrected chi connectivity index (χ4v) is 2.13. The van der Waals surface area contributed by atoms with Crippen LogP contribution in [0.3, 0.4) is 0 Å². The SMILES string of the molecule is CCCC(C)C(Cl)c1ccc(C)c(C)c1. The molecule has 0 amide bonds. The van der Waals surface area contributed by atoms with Gasteiger partial charge in [-0.15, -0.1) is 11.6 Å². The summed E-state index contributed by atoms with van der Waals surface area (Å²) in [4.78, 5) is 0. The van der Waals surface area contributed by atoms with Crippen LogP contribution in [0.1, 0.15) is 48.8 Å². The molecule has 1 aromatic carbocycles. The largest absolute Gasteiger partial charge is 0.118 e. The number of benzene rings is 1. The molecule has 0 fully saturated rings. The monoisotopic (exact) mass is 224 g/mol. The first-order valence-corrected chi connectivity index (χ1v) is 6.21. The van der Waals surface area contributed by atoms with Gasteiger partial charge in [0.05, 0.1) is 5.38 Å². The molecule has 0 aliphatic rings. The van der Waals surface area contributed by atoms with E-state index < -0.39 is 0 Å². The molecule has 0 radical (unpaired) electrons. The lowest BCUT2D eigenvalue weighted by Crippen LogP contribution is -2.04. The van der Waals surface area contributed by atoms with E-state index in [0.717, 1.165) is 0 Å². The second-order valence-electron chi connectivity index (χ2n) is 4.51. The van der Waals surface area contributed by atoms with Gasteiger partial charge in [-0.05, 0) is 42.9 Å². The normalized spacial score (nSPS) is 15.0. The van der Waals surface area contributed by atoms with Crippen LogP contribution in [0.15, 0.2) is 18.2 Å². The number of aryl methyl sites for hydroxylation is 2. The third-order valence-electron chi connectivity index (χ3n) is 3.09. The summed E-state index contributed by atoms with van der Waals surface area (Å²) >= 11 is 6.46. The third-order valence-corrected chi connectivity index (χ3v) is 3.78. The van der Waals surface area contributed by atoms with E-state index in [1.807, 2.05) is 0 Å². The minimum Gasteiger partial charge on any atom is -0.118 e. The molecule has 0 aliphatic carbocycles. The Kier molecular flexibility index (Phi) is 4.66. The van der Waals surface area contributed by atoms with Gasteiger partial charge in [-0.1, -0.05) is 38.5 Å². The van der Waals surface area contributed by atoms with Crippen molar-refractivity contribution < 1.29 is 0 Å². The van der Waals surface area contributed by atoms with Crippen molar-refractivity contribution in [2.24, 2.45) is 5.92 Å². The molecule has 0 nitrogen and oxygen atoms in total. The Labute approximate surface area is 98.7 Å². The van der Waals surface area contributed by atoms with Crippen LogP contribution in [0.5, 0.6) is 0 Å². The maximum atomic E-state index is 6.46. The summed E-state index contributed by atoms with van der Waals surface area (Å²) < 4.78 is 0. The third kappa shape index (κ3) is 3.24. The average Bonchev–Trinajstić information content (AvgIpc) is 2.21. The summed E-state index contributed by atoms with van der Waals surface area (Å²) in [5.74, 6) is 0.554. The quantitative estimate of drug-likeness (QED) is 0.630. The molecule has 1 aromatic rings. The average molecular weight is 225 g/mol. The van der Waals surface area contributed by atoms with E-state index in [2.05, 4.69) is 45.9 Å². The van der Waals surface area contributed by atoms with E-state index in [4.69, 9.17) is 11.6 Å². The van der Waals surface area contributed by atoms with Crippen LogP contribution in [0.2, 0.25) is 0 Å². The molecule has 1 rings (SSSR count). The number of hydrogen-bond acceptors (Lipinski definition) is 0. The van der Waals surface area contributed by atoms with E-state index in [0.29, 0.717) is 5.92 Å². The van der Waals surface area contributed by atoms with Gasteiger partial charge in [0.2, 0.25) is 0 Å². The van der Waals surface area contributed by atoms with Gasteiger partial charge in [-0.25, -0.2) is 0 Å². The van der Waals surface area contributed by atoms with Crippen molar-refractivity contribution in [3.05, 3.63) is 34.9 Å². The number of rotatable bonds is 4. The zero-order valence-corrected chi connectivity index (χ0v) is 10.9. The molecule has 1 heteroatoms. The van der Waals surface area contributed by atoms with Crippen molar-refractivity contribution >= 4 is 11.6 Å². The van der Waals surface area contributed by atoms with Crippen LogP contribution in [-0.2, 0) is 0 Å². The second kappa shape index (κ2) is 5.55. The van der Waals surface area contributed by atoms with Crippen molar-refractivity contribution in [1.82, 2.24) is 0 Å². The molecule has 0 bridgehead atoms. The highest BCUT2D eigenvalue weighted by Crippen LogP contribution is 2.32. The van der Waals surface area contributed by atoms with Crippen molar-refractivity contribution in [1.29, 1.82) is 0 Å². The van der Waals surface area contributed by atoms with Crippen LogP contribution in [0, 0.1) is 19.8 Å². The Morgan fingerprint density at radius 2 is 1.87 bits per heavy atom. The van der Waals surface area contributed by atoms with E-state index >= 15 is 0 Å².